The molecule has 146 valence electrons. The molecule has 0 bridgehead atoms. The Labute approximate surface area is 162 Å². The summed E-state index contributed by atoms with van der Waals surface area (Å²) >= 11 is 0. The highest BCUT2D eigenvalue weighted by Gasteiger charge is 2.23. The van der Waals surface area contributed by atoms with Gasteiger partial charge in [-0.05, 0) is 54.4 Å². The van der Waals surface area contributed by atoms with Crippen LogP contribution in [0.3, 0.4) is 0 Å². The molecule has 1 N–H and O–H groups in total. The van der Waals surface area contributed by atoms with Crippen molar-refractivity contribution in [3.8, 4) is 11.3 Å². The Bertz CT molecular complexity index is 1150. The fraction of sp³-hybridized carbons (Fsp3) is 0.238. The fourth-order valence-electron chi connectivity index (χ4n) is 3.74. The van der Waals surface area contributed by atoms with Gasteiger partial charge in [0, 0.05) is 37.1 Å². The highest BCUT2D eigenvalue weighted by atomic mass is 32.2. The molecule has 0 amide bonds. The number of fused-ring (bicyclic) bond motifs is 1. The molecule has 0 saturated heterocycles. The second kappa shape index (κ2) is 6.74. The van der Waals surface area contributed by atoms with E-state index in [-0.39, 0.29) is 5.56 Å². The smallest absolute Gasteiger partial charge is 0.175 e. The predicted molar refractivity (Wildman–Crippen MR) is 105 cm³/mol. The molecule has 1 aliphatic heterocycles. The predicted octanol–water partition coefficient (Wildman–Crippen LogP) is 4.23. The summed E-state index contributed by atoms with van der Waals surface area (Å²) in [5, 5.41) is 0. The van der Waals surface area contributed by atoms with E-state index in [2.05, 4.69) is 9.88 Å². The summed E-state index contributed by atoms with van der Waals surface area (Å²) in [6.07, 6.45) is 1.90. The molecule has 0 spiro atoms. The number of benzene rings is 2. The molecule has 28 heavy (non-hydrogen) atoms. The summed E-state index contributed by atoms with van der Waals surface area (Å²) < 4.78 is 51.7. The van der Waals surface area contributed by atoms with Crippen LogP contribution in [0.5, 0.6) is 0 Å². The van der Waals surface area contributed by atoms with Gasteiger partial charge in [-0.1, -0.05) is 6.07 Å². The van der Waals surface area contributed by atoms with Crippen LogP contribution >= 0.6 is 0 Å². The second-order valence-corrected chi connectivity index (χ2v) is 9.19. The molecule has 2 aromatic carbocycles. The molecule has 1 aliphatic rings. The van der Waals surface area contributed by atoms with Crippen LogP contribution in [0.25, 0.3) is 11.3 Å². The SMILES string of the molecule is Cc1cc(S(C)(=O)=O)ccc1N1CCc2[nH]c(-c3c(F)cccc3F)cc2C1. The van der Waals surface area contributed by atoms with Gasteiger partial charge in [0.15, 0.2) is 9.84 Å². The number of nitrogens with one attached hydrogen (secondary N) is 1. The highest BCUT2D eigenvalue weighted by molar-refractivity contribution is 7.90. The Kier molecular flexibility index (Phi) is 4.50. The van der Waals surface area contributed by atoms with Gasteiger partial charge in [-0.3, -0.25) is 0 Å². The van der Waals surface area contributed by atoms with Crippen molar-refractivity contribution < 1.29 is 17.2 Å². The van der Waals surface area contributed by atoms with Crippen molar-refractivity contribution >= 4 is 15.5 Å². The van der Waals surface area contributed by atoms with E-state index in [1.165, 1.54) is 24.5 Å². The van der Waals surface area contributed by atoms with E-state index >= 15 is 0 Å². The number of aryl methyl sites for hydroxylation is 1. The van der Waals surface area contributed by atoms with E-state index in [1.807, 2.05) is 13.0 Å². The number of hydrogen-bond acceptors (Lipinski definition) is 3. The zero-order valence-corrected chi connectivity index (χ0v) is 16.4. The minimum absolute atomic E-state index is 0.0443. The van der Waals surface area contributed by atoms with Crippen LogP contribution in [0.2, 0.25) is 0 Å². The number of halogens is 2. The summed E-state index contributed by atoms with van der Waals surface area (Å²) in [7, 11) is -3.25. The van der Waals surface area contributed by atoms with Crippen molar-refractivity contribution in [3.05, 3.63) is 70.9 Å². The maximum Gasteiger partial charge on any atom is 0.175 e. The van der Waals surface area contributed by atoms with E-state index in [0.717, 1.165) is 29.1 Å². The number of anilines is 1. The van der Waals surface area contributed by atoms with Gasteiger partial charge in [0.05, 0.1) is 16.2 Å². The summed E-state index contributed by atoms with van der Waals surface area (Å²) in [6.45, 7) is 3.20. The molecule has 7 heteroatoms. The normalized spacial score (nSPS) is 14.2. The van der Waals surface area contributed by atoms with Crippen LogP contribution < -0.4 is 4.90 Å². The minimum Gasteiger partial charge on any atom is -0.367 e. The number of hydrogen-bond donors (Lipinski definition) is 1. The molecular weight excluding hydrogens is 382 g/mol. The molecule has 0 aliphatic carbocycles. The Morgan fingerprint density at radius 2 is 1.79 bits per heavy atom. The third-order valence-electron chi connectivity index (χ3n) is 5.15. The Hall–Kier alpha value is -2.67. The van der Waals surface area contributed by atoms with Crippen molar-refractivity contribution in [3.63, 3.8) is 0 Å². The number of rotatable bonds is 3. The summed E-state index contributed by atoms with van der Waals surface area (Å²) in [5.41, 5.74) is 4.18. The van der Waals surface area contributed by atoms with E-state index in [9.17, 15) is 17.2 Å². The van der Waals surface area contributed by atoms with Gasteiger partial charge >= 0.3 is 0 Å². The lowest BCUT2D eigenvalue weighted by Gasteiger charge is -2.30. The van der Waals surface area contributed by atoms with E-state index in [4.69, 9.17) is 0 Å². The molecule has 0 atom stereocenters. The largest absolute Gasteiger partial charge is 0.367 e. The highest BCUT2D eigenvalue weighted by Crippen LogP contribution is 2.32. The summed E-state index contributed by atoms with van der Waals surface area (Å²) in [5.74, 6) is -1.19. The summed E-state index contributed by atoms with van der Waals surface area (Å²) in [6, 6.07) is 10.8. The molecular formula is C21H20F2N2O2S. The number of aromatic amines is 1. The van der Waals surface area contributed by atoms with Crippen LogP contribution in [0.15, 0.2) is 47.4 Å². The quantitative estimate of drug-likeness (QED) is 0.713. The van der Waals surface area contributed by atoms with Crippen LogP contribution in [-0.2, 0) is 22.8 Å². The van der Waals surface area contributed by atoms with Gasteiger partial charge in [-0.2, -0.15) is 0 Å². The van der Waals surface area contributed by atoms with E-state index in [0.29, 0.717) is 23.6 Å². The zero-order valence-electron chi connectivity index (χ0n) is 15.6. The first-order valence-corrected chi connectivity index (χ1v) is 10.8. The van der Waals surface area contributed by atoms with Gasteiger partial charge in [0.2, 0.25) is 0 Å². The van der Waals surface area contributed by atoms with Gasteiger partial charge < -0.3 is 9.88 Å². The molecule has 2 heterocycles. The first kappa shape index (κ1) is 18.7. The van der Waals surface area contributed by atoms with Crippen molar-refractivity contribution in [1.82, 2.24) is 4.98 Å². The standard InChI is InChI=1S/C21H20F2N2O2S/c1-13-10-15(28(2,26)27)6-7-20(13)25-9-8-18-14(12-25)11-19(24-18)21-16(22)4-3-5-17(21)23/h3-7,10-11,24H,8-9,12H2,1-2H3. The maximum atomic E-state index is 14.1. The van der Waals surface area contributed by atoms with Gasteiger partial charge in [-0.15, -0.1) is 0 Å². The Morgan fingerprint density at radius 3 is 2.43 bits per heavy atom. The number of nitrogens with zero attached hydrogens (tertiary/aromatic N) is 1. The average molecular weight is 402 g/mol. The van der Waals surface area contributed by atoms with Crippen LogP contribution in [0.1, 0.15) is 16.8 Å². The topological polar surface area (TPSA) is 53.2 Å². The summed E-state index contributed by atoms with van der Waals surface area (Å²) in [4.78, 5) is 5.61. The molecule has 0 saturated carbocycles. The first-order valence-electron chi connectivity index (χ1n) is 8.95. The van der Waals surface area contributed by atoms with Gasteiger partial charge in [0.25, 0.3) is 0 Å². The lowest BCUT2D eigenvalue weighted by molar-refractivity contribution is 0.588. The maximum absolute atomic E-state index is 14.1. The third-order valence-corrected chi connectivity index (χ3v) is 6.26. The number of aromatic nitrogens is 1. The van der Waals surface area contributed by atoms with Crippen LogP contribution in [0.4, 0.5) is 14.5 Å². The molecule has 0 radical (unpaired) electrons. The van der Waals surface area contributed by atoms with Gasteiger partial charge in [0.1, 0.15) is 11.6 Å². The minimum atomic E-state index is -3.25. The molecule has 0 unspecified atom stereocenters. The second-order valence-electron chi connectivity index (χ2n) is 7.18. The van der Waals surface area contributed by atoms with E-state index < -0.39 is 21.5 Å². The zero-order chi connectivity index (χ0) is 20.1. The van der Waals surface area contributed by atoms with Crippen LogP contribution in [-0.4, -0.2) is 26.2 Å². The fourth-order valence-corrected chi connectivity index (χ4v) is 4.45. The van der Waals surface area contributed by atoms with Crippen molar-refractivity contribution in [2.75, 3.05) is 17.7 Å². The lowest BCUT2D eigenvalue weighted by atomic mass is 10.0. The molecule has 0 fully saturated rings. The third kappa shape index (κ3) is 3.30. The van der Waals surface area contributed by atoms with Gasteiger partial charge in [-0.25, -0.2) is 17.2 Å². The molecule has 1 aromatic heterocycles. The monoisotopic (exact) mass is 402 g/mol. The van der Waals surface area contributed by atoms with Crippen LogP contribution in [0, 0.1) is 18.6 Å². The Morgan fingerprint density at radius 1 is 1.07 bits per heavy atom. The molecule has 4 rings (SSSR count). The van der Waals surface area contributed by atoms with Crippen molar-refractivity contribution in [1.29, 1.82) is 0 Å². The van der Waals surface area contributed by atoms with Crippen molar-refractivity contribution in [2.45, 2.75) is 24.8 Å². The van der Waals surface area contributed by atoms with E-state index in [1.54, 1.807) is 18.2 Å². The number of sulfone groups is 1. The number of H-pyrrole nitrogens is 1. The van der Waals surface area contributed by atoms with Crippen molar-refractivity contribution in [2.24, 2.45) is 0 Å². The Balaban J connectivity index is 1.65. The first-order chi connectivity index (χ1) is 13.2. The average Bonchev–Trinajstić information content (AvgIpc) is 3.03. The molecule has 4 nitrogen and oxygen atoms in total. The lowest BCUT2D eigenvalue weighted by Crippen LogP contribution is -2.30. The molecule has 3 aromatic rings.